The maximum absolute atomic E-state index is 12.4. The molecule has 0 aliphatic carbocycles. The Hall–Kier alpha value is -2.32. The predicted molar refractivity (Wildman–Crippen MR) is 116 cm³/mol. The minimum absolute atomic E-state index is 0.0396. The van der Waals surface area contributed by atoms with Gasteiger partial charge in [0, 0.05) is 31.0 Å². The van der Waals surface area contributed by atoms with E-state index in [0.717, 1.165) is 41.2 Å². The second-order valence-electron chi connectivity index (χ2n) is 6.61. The highest BCUT2D eigenvalue weighted by molar-refractivity contribution is 7.99. The number of hydrogen-bond donors (Lipinski definition) is 1. The van der Waals surface area contributed by atoms with E-state index in [-0.39, 0.29) is 5.91 Å². The maximum Gasteiger partial charge on any atom is 0.234 e. The first kappa shape index (κ1) is 19.0. The van der Waals surface area contributed by atoms with E-state index in [9.17, 15) is 4.79 Å². The van der Waals surface area contributed by atoms with Gasteiger partial charge in [-0.1, -0.05) is 17.8 Å². The van der Waals surface area contributed by atoms with Crippen LogP contribution in [0, 0.1) is 0 Å². The van der Waals surface area contributed by atoms with Crippen LogP contribution in [0.1, 0.15) is 19.8 Å². The number of amides is 1. The second-order valence-corrected chi connectivity index (χ2v) is 8.50. The molecule has 1 saturated heterocycles. The van der Waals surface area contributed by atoms with Gasteiger partial charge in [0.05, 0.1) is 10.6 Å². The Bertz CT molecular complexity index is 915. The van der Waals surface area contributed by atoms with Crippen molar-refractivity contribution < 1.29 is 4.79 Å². The molecule has 3 aromatic rings. The molecule has 6 nitrogen and oxygen atoms in total. The van der Waals surface area contributed by atoms with E-state index in [4.69, 9.17) is 0 Å². The molecule has 1 aromatic carbocycles. The molecule has 1 N–H and O–H groups in total. The standard InChI is InChI=1S/C20H23N5OS2/c1-2-25-19(17-6-5-13-27-17)22-23-20(25)28-14-18(26)21-15-7-9-16(10-8-15)24-11-3-4-12-24/h5-10,13H,2-4,11-12,14H2,1H3,(H,21,26). The molecule has 0 saturated carbocycles. The van der Waals surface area contributed by atoms with Crippen molar-refractivity contribution in [2.24, 2.45) is 0 Å². The summed E-state index contributed by atoms with van der Waals surface area (Å²) in [5.74, 6) is 1.12. The molecule has 4 rings (SSSR count). The zero-order chi connectivity index (χ0) is 19.3. The fourth-order valence-corrected chi connectivity index (χ4v) is 4.85. The summed E-state index contributed by atoms with van der Waals surface area (Å²) in [4.78, 5) is 15.8. The van der Waals surface area contributed by atoms with Crippen LogP contribution >= 0.6 is 23.1 Å². The normalized spacial score (nSPS) is 13.8. The third-order valence-electron chi connectivity index (χ3n) is 4.73. The van der Waals surface area contributed by atoms with Crippen LogP contribution in [0.5, 0.6) is 0 Å². The quantitative estimate of drug-likeness (QED) is 0.583. The van der Waals surface area contributed by atoms with Crippen LogP contribution in [0.15, 0.2) is 46.9 Å². The number of thiophene rings is 1. The van der Waals surface area contributed by atoms with Gasteiger partial charge in [-0.2, -0.15) is 0 Å². The summed E-state index contributed by atoms with van der Waals surface area (Å²) in [5, 5.41) is 14.3. The lowest BCUT2D eigenvalue weighted by atomic mass is 10.2. The number of nitrogens with one attached hydrogen (secondary N) is 1. The lowest BCUT2D eigenvalue weighted by molar-refractivity contribution is -0.113. The van der Waals surface area contributed by atoms with Crippen LogP contribution in [-0.4, -0.2) is 39.5 Å². The topological polar surface area (TPSA) is 63.1 Å². The Balaban J connectivity index is 1.34. The monoisotopic (exact) mass is 413 g/mol. The van der Waals surface area contributed by atoms with Crippen LogP contribution in [0.2, 0.25) is 0 Å². The van der Waals surface area contributed by atoms with Crippen LogP contribution < -0.4 is 10.2 Å². The number of thioether (sulfide) groups is 1. The van der Waals surface area contributed by atoms with Crippen LogP contribution in [0.3, 0.4) is 0 Å². The summed E-state index contributed by atoms with van der Waals surface area (Å²) in [7, 11) is 0. The van der Waals surface area contributed by atoms with Gasteiger partial charge in [-0.05, 0) is 55.5 Å². The number of carbonyl (C=O) groups is 1. The Morgan fingerprint density at radius 2 is 1.96 bits per heavy atom. The minimum atomic E-state index is -0.0396. The van der Waals surface area contributed by atoms with Crippen molar-refractivity contribution in [2.75, 3.05) is 29.1 Å². The van der Waals surface area contributed by atoms with Crippen LogP contribution in [0.4, 0.5) is 11.4 Å². The number of nitrogens with zero attached hydrogens (tertiary/aromatic N) is 4. The summed E-state index contributed by atoms with van der Waals surface area (Å²) < 4.78 is 2.05. The molecule has 0 radical (unpaired) electrons. The number of anilines is 2. The molecule has 0 atom stereocenters. The van der Waals surface area contributed by atoms with Gasteiger partial charge >= 0.3 is 0 Å². The first-order chi connectivity index (χ1) is 13.7. The van der Waals surface area contributed by atoms with Crippen molar-refractivity contribution in [3.8, 4) is 10.7 Å². The van der Waals surface area contributed by atoms with Gasteiger partial charge in [-0.15, -0.1) is 21.5 Å². The number of aromatic nitrogens is 3. The third-order valence-corrected chi connectivity index (χ3v) is 6.56. The molecular weight excluding hydrogens is 390 g/mol. The smallest absolute Gasteiger partial charge is 0.234 e. The number of carbonyl (C=O) groups excluding carboxylic acids is 1. The van der Waals surface area contributed by atoms with Gasteiger partial charge < -0.3 is 14.8 Å². The fourth-order valence-electron chi connectivity index (χ4n) is 3.33. The average molecular weight is 414 g/mol. The number of rotatable bonds is 7. The molecule has 1 aliphatic heterocycles. The molecule has 8 heteroatoms. The van der Waals surface area contributed by atoms with Crippen molar-refractivity contribution in [2.45, 2.75) is 31.5 Å². The van der Waals surface area contributed by atoms with Gasteiger partial charge in [0.25, 0.3) is 0 Å². The lowest BCUT2D eigenvalue weighted by Gasteiger charge is -2.17. The molecule has 3 heterocycles. The zero-order valence-electron chi connectivity index (χ0n) is 15.8. The van der Waals surface area contributed by atoms with Gasteiger partial charge in [0.2, 0.25) is 5.91 Å². The fraction of sp³-hybridized carbons (Fsp3) is 0.350. The maximum atomic E-state index is 12.4. The van der Waals surface area contributed by atoms with Crippen molar-refractivity contribution in [3.63, 3.8) is 0 Å². The highest BCUT2D eigenvalue weighted by Crippen LogP contribution is 2.27. The molecular formula is C20H23N5OS2. The Morgan fingerprint density at radius 1 is 1.18 bits per heavy atom. The Labute approximate surface area is 173 Å². The second kappa shape index (κ2) is 8.79. The first-order valence-electron chi connectivity index (χ1n) is 9.49. The molecule has 0 unspecified atom stereocenters. The Kier molecular flexibility index (Phi) is 5.97. The van der Waals surface area contributed by atoms with Gasteiger partial charge in [0.15, 0.2) is 11.0 Å². The average Bonchev–Trinajstić information content (AvgIpc) is 3.48. The largest absolute Gasteiger partial charge is 0.372 e. The molecule has 1 fully saturated rings. The summed E-state index contributed by atoms with van der Waals surface area (Å²) in [6.45, 7) is 5.07. The van der Waals surface area contributed by atoms with Gasteiger partial charge in [0.1, 0.15) is 0 Å². The molecule has 1 aliphatic rings. The van der Waals surface area contributed by atoms with E-state index in [1.54, 1.807) is 11.3 Å². The predicted octanol–water partition coefficient (Wildman–Crippen LogP) is 4.36. The van der Waals surface area contributed by atoms with Gasteiger partial charge in [-0.25, -0.2) is 0 Å². The van der Waals surface area contributed by atoms with E-state index >= 15 is 0 Å². The van der Waals surface area contributed by atoms with Gasteiger partial charge in [-0.3, -0.25) is 4.79 Å². The minimum Gasteiger partial charge on any atom is -0.372 e. The highest BCUT2D eigenvalue weighted by atomic mass is 32.2. The van der Waals surface area contributed by atoms with Crippen molar-refractivity contribution >= 4 is 40.4 Å². The van der Waals surface area contributed by atoms with E-state index < -0.39 is 0 Å². The molecule has 2 aromatic heterocycles. The van der Waals surface area contributed by atoms with Crippen molar-refractivity contribution in [1.82, 2.24) is 14.8 Å². The first-order valence-corrected chi connectivity index (χ1v) is 11.4. The summed E-state index contributed by atoms with van der Waals surface area (Å²) in [6.07, 6.45) is 2.51. The van der Waals surface area contributed by atoms with Crippen LogP contribution in [-0.2, 0) is 11.3 Å². The molecule has 28 heavy (non-hydrogen) atoms. The number of hydrogen-bond acceptors (Lipinski definition) is 6. The van der Waals surface area contributed by atoms with E-state index in [2.05, 4.69) is 44.0 Å². The summed E-state index contributed by atoms with van der Waals surface area (Å²) >= 11 is 3.05. The zero-order valence-corrected chi connectivity index (χ0v) is 17.4. The van der Waals surface area contributed by atoms with E-state index in [1.165, 1.54) is 30.3 Å². The SMILES string of the molecule is CCn1c(SCC(=O)Nc2ccc(N3CCCC3)cc2)nnc1-c1cccs1. The number of benzene rings is 1. The molecule has 146 valence electrons. The molecule has 1 amide bonds. The molecule has 0 spiro atoms. The Morgan fingerprint density at radius 3 is 2.64 bits per heavy atom. The third kappa shape index (κ3) is 4.23. The van der Waals surface area contributed by atoms with Crippen molar-refractivity contribution in [3.05, 3.63) is 41.8 Å². The van der Waals surface area contributed by atoms with E-state index in [1.807, 2.05) is 29.6 Å². The van der Waals surface area contributed by atoms with Crippen LogP contribution in [0.25, 0.3) is 10.7 Å². The summed E-state index contributed by atoms with van der Waals surface area (Å²) in [6, 6.07) is 12.1. The van der Waals surface area contributed by atoms with E-state index in [0.29, 0.717) is 5.75 Å². The van der Waals surface area contributed by atoms with Crippen molar-refractivity contribution in [1.29, 1.82) is 0 Å². The highest BCUT2D eigenvalue weighted by Gasteiger charge is 2.16. The summed E-state index contributed by atoms with van der Waals surface area (Å²) in [5.41, 5.74) is 2.05. The molecule has 0 bridgehead atoms. The lowest BCUT2D eigenvalue weighted by Crippen LogP contribution is -2.18.